The number of hydrogen-bond donors (Lipinski definition) is 1. The van der Waals surface area contributed by atoms with Crippen molar-refractivity contribution in [2.75, 3.05) is 0 Å². The molecule has 0 unspecified atom stereocenters. The lowest BCUT2D eigenvalue weighted by Gasteiger charge is -2.11. The Labute approximate surface area is 126 Å². The number of aryl methyl sites for hydroxylation is 3. The van der Waals surface area contributed by atoms with Gasteiger partial charge in [0.1, 0.15) is 5.56 Å². The summed E-state index contributed by atoms with van der Waals surface area (Å²) in [5.41, 5.74) is 1.40. The van der Waals surface area contributed by atoms with Gasteiger partial charge in [0, 0.05) is 11.1 Å². The van der Waals surface area contributed by atoms with Crippen LogP contribution in [-0.4, -0.2) is 20.6 Å². The second-order valence-electron chi connectivity index (χ2n) is 5.02. The first-order valence-electron chi connectivity index (χ1n) is 6.81. The van der Waals surface area contributed by atoms with Crippen molar-refractivity contribution < 1.29 is 9.90 Å². The number of carbonyl (C=O) groups is 1. The van der Waals surface area contributed by atoms with E-state index in [1.165, 1.54) is 4.57 Å². The normalized spacial score (nSPS) is 10.8. The van der Waals surface area contributed by atoms with Crippen LogP contribution in [0.3, 0.4) is 0 Å². The molecular formula is C15H18N2O3S. The van der Waals surface area contributed by atoms with E-state index in [9.17, 15) is 14.7 Å². The topological polar surface area (TPSA) is 72.2 Å². The van der Waals surface area contributed by atoms with Gasteiger partial charge in [0.05, 0.1) is 17.2 Å². The highest BCUT2D eigenvalue weighted by Crippen LogP contribution is 2.14. The van der Waals surface area contributed by atoms with Crippen LogP contribution in [0, 0.1) is 13.8 Å². The van der Waals surface area contributed by atoms with Crippen LogP contribution in [-0.2, 0) is 13.0 Å². The van der Waals surface area contributed by atoms with Crippen molar-refractivity contribution in [1.29, 1.82) is 0 Å². The molecule has 0 atom stereocenters. The van der Waals surface area contributed by atoms with Crippen molar-refractivity contribution >= 4 is 17.3 Å². The second-order valence-corrected chi connectivity index (χ2v) is 5.97. The van der Waals surface area contributed by atoms with Gasteiger partial charge in [0.15, 0.2) is 0 Å². The molecule has 21 heavy (non-hydrogen) atoms. The van der Waals surface area contributed by atoms with E-state index in [1.54, 1.807) is 31.3 Å². The molecule has 2 aromatic heterocycles. The van der Waals surface area contributed by atoms with E-state index >= 15 is 0 Å². The standard InChI is InChI=1S/C15H18N2O3S/c1-4-5-12-16-11(8-21-12)7-17-10(3)6-9(2)13(14(17)18)15(19)20/h6,8H,4-5,7H2,1-3H3,(H,19,20). The summed E-state index contributed by atoms with van der Waals surface area (Å²) in [6.07, 6.45) is 1.95. The maximum atomic E-state index is 12.3. The zero-order valence-electron chi connectivity index (χ0n) is 12.3. The molecule has 2 aromatic rings. The van der Waals surface area contributed by atoms with Crippen molar-refractivity contribution in [2.24, 2.45) is 0 Å². The third kappa shape index (κ3) is 3.21. The quantitative estimate of drug-likeness (QED) is 0.921. The number of nitrogens with zero attached hydrogens (tertiary/aromatic N) is 2. The average molecular weight is 306 g/mol. The maximum Gasteiger partial charge on any atom is 0.341 e. The number of aromatic nitrogens is 2. The van der Waals surface area contributed by atoms with Crippen molar-refractivity contribution in [3.05, 3.63) is 49.3 Å². The monoisotopic (exact) mass is 306 g/mol. The maximum absolute atomic E-state index is 12.3. The summed E-state index contributed by atoms with van der Waals surface area (Å²) in [6.45, 7) is 5.85. The van der Waals surface area contributed by atoms with Gasteiger partial charge >= 0.3 is 5.97 Å². The van der Waals surface area contributed by atoms with E-state index in [1.807, 2.05) is 5.38 Å². The molecule has 6 heteroatoms. The molecule has 2 heterocycles. The molecule has 0 aromatic carbocycles. The fourth-order valence-electron chi connectivity index (χ4n) is 2.30. The third-order valence-corrected chi connectivity index (χ3v) is 4.26. The molecule has 0 amide bonds. The Bertz CT molecular complexity index is 731. The number of aromatic carboxylic acids is 1. The van der Waals surface area contributed by atoms with Crippen LogP contribution in [0.2, 0.25) is 0 Å². The molecule has 0 saturated carbocycles. The number of pyridine rings is 1. The smallest absolute Gasteiger partial charge is 0.341 e. The second kappa shape index (κ2) is 6.22. The van der Waals surface area contributed by atoms with Crippen molar-refractivity contribution in [3.8, 4) is 0 Å². The van der Waals surface area contributed by atoms with Gasteiger partial charge in [0.25, 0.3) is 5.56 Å². The zero-order chi connectivity index (χ0) is 15.6. The van der Waals surface area contributed by atoms with Crippen LogP contribution in [0.15, 0.2) is 16.2 Å². The molecule has 0 aliphatic carbocycles. The fourth-order valence-corrected chi connectivity index (χ4v) is 3.19. The molecule has 0 aliphatic rings. The minimum absolute atomic E-state index is 0.162. The highest BCUT2D eigenvalue weighted by molar-refractivity contribution is 7.09. The van der Waals surface area contributed by atoms with Gasteiger partial charge in [-0.2, -0.15) is 0 Å². The Hall–Kier alpha value is -1.95. The van der Waals surface area contributed by atoms with Crippen LogP contribution in [0.5, 0.6) is 0 Å². The summed E-state index contributed by atoms with van der Waals surface area (Å²) in [6, 6.07) is 1.73. The van der Waals surface area contributed by atoms with E-state index in [2.05, 4.69) is 11.9 Å². The average Bonchev–Trinajstić information content (AvgIpc) is 2.81. The summed E-state index contributed by atoms with van der Waals surface area (Å²) >= 11 is 1.58. The van der Waals surface area contributed by atoms with Crippen LogP contribution < -0.4 is 5.56 Å². The number of carboxylic acids is 1. The van der Waals surface area contributed by atoms with E-state index in [0.29, 0.717) is 12.1 Å². The van der Waals surface area contributed by atoms with Gasteiger partial charge in [-0.15, -0.1) is 11.3 Å². The highest BCUT2D eigenvalue weighted by Gasteiger charge is 2.17. The summed E-state index contributed by atoms with van der Waals surface area (Å²) < 4.78 is 1.47. The molecule has 1 N–H and O–H groups in total. The van der Waals surface area contributed by atoms with Gasteiger partial charge in [-0.3, -0.25) is 4.79 Å². The number of rotatable bonds is 5. The summed E-state index contributed by atoms with van der Waals surface area (Å²) in [5, 5.41) is 12.1. The fraction of sp³-hybridized carbons (Fsp3) is 0.400. The third-order valence-electron chi connectivity index (χ3n) is 3.30. The van der Waals surface area contributed by atoms with Crippen molar-refractivity contribution in [1.82, 2.24) is 9.55 Å². The van der Waals surface area contributed by atoms with Crippen LogP contribution in [0.4, 0.5) is 0 Å². The Morgan fingerprint density at radius 2 is 2.14 bits per heavy atom. The number of hydrogen-bond acceptors (Lipinski definition) is 4. The lowest BCUT2D eigenvalue weighted by atomic mass is 10.1. The Kier molecular flexibility index (Phi) is 4.57. The summed E-state index contributed by atoms with van der Waals surface area (Å²) in [7, 11) is 0. The summed E-state index contributed by atoms with van der Waals surface area (Å²) in [5.74, 6) is -1.18. The van der Waals surface area contributed by atoms with Gasteiger partial charge in [0.2, 0.25) is 0 Å². The lowest BCUT2D eigenvalue weighted by molar-refractivity contribution is 0.0693. The minimum Gasteiger partial charge on any atom is -0.477 e. The molecule has 5 nitrogen and oxygen atoms in total. The Balaban J connectivity index is 2.41. The van der Waals surface area contributed by atoms with Crippen molar-refractivity contribution in [3.63, 3.8) is 0 Å². The molecule has 0 saturated heterocycles. The first kappa shape index (κ1) is 15.4. The van der Waals surface area contributed by atoms with Crippen LogP contribution >= 0.6 is 11.3 Å². The Morgan fingerprint density at radius 3 is 2.76 bits per heavy atom. The predicted octanol–water partition coefficient (Wildman–Crippen LogP) is 2.62. The van der Waals surface area contributed by atoms with Gasteiger partial charge in [-0.1, -0.05) is 6.92 Å². The molecule has 0 radical (unpaired) electrons. The zero-order valence-corrected chi connectivity index (χ0v) is 13.2. The molecule has 0 bridgehead atoms. The molecule has 2 rings (SSSR count). The molecule has 0 spiro atoms. The molecule has 0 aliphatic heterocycles. The van der Waals surface area contributed by atoms with Crippen LogP contribution in [0.25, 0.3) is 0 Å². The predicted molar refractivity (Wildman–Crippen MR) is 82.3 cm³/mol. The van der Waals surface area contributed by atoms with Crippen LogP contribution in [0.1, 0.15) is 45.7 Å². The molecule has 0 fully saturated rings. The highest BCUT2D eigenvalue weighted by atomic mass is 32.1. The van der Waals surface area contributed by atoms with E-state index in [-0.39, 0.29) is 5.56 Å². The summed E-state index contributed by atoms with van der Waals surface area (Å²) in [4.78, 5) is 28.1. The SMILES string of the molecule is CCCc1nc(Cn2c(C)cc(C)c(C(=O)O)c2=O)cs1. The first-order chi connectivity index (χ1) is 9.93. The Morgan fingerprint density at radius 1 is 1.43 bits per heavy atom. The van der Waals surface area contributed by atoms with Crippen molar-refractivity contribution in [2.45, 2.75) is 40.2 Å². The number of carboxylic acid groups (broad SMARTS) is 1. The van der Waals surface area contributed by atoms with Gasteiger partial charge < -0.3 is 9.67 Å². The molecular weight excluding hydrogens is 288 g/mol. The van der Waals surface area contributed by atoms with E-state index in [4.69, 9.17) is 0 Å². The first-order valence-corrected chi connectivity index (χ1v) is 7.69. The lowest BCUT2D eigenvalue weighted by Crippen LogP contribution is -2.29. The largest absolute Gasteiger partial charge is 0.477 e. The van der Waals surface area contributed by atoms with E-state index < -0.39 is 11.5 Å². The van der Waals surface area contributed by atoms with Gasteiger partial charge in [-0.25, -0.2) is 9.78 Å². The van der Waals surface area contributed by atoms with E-state index in [0.717, 1.165) is 29.2 Å². The van der Waals surface area contributed by atoms with Gasteiger partial charge in [-0.05, 0) is 38.3 Å². The molecule has 112 valence electrons. The minimum atomic E-state index is -1.18. The number of thiazole rings is 1.